The highest BCUT2D eigenvalue weighted by molar-refractivity contribution is 5.76. The van der Waals surface area contributed by atoms with Gasteiger partial charge in [0.25, 0.3) is 0 Å². The summed E-state index contributed by atoms with van der Waals surface area (Å²) in [4.78, 5) is 19.0. The topological polar surface area (TPSA) is 49.6 Å². The van der Waals surface area contributed by atoms with Crippen molar-refractivity contribution in [1.29, 1.82) is 0 Å². The number of imidazole rings is 1. The Morgan fingerprint density at radius 1 is 1.15 bits per heavy atom. The number of nitrogens with zero attached hydrogens (tertiary/aromatic N) is 3. The van der Waals surface area contributed by atoms with E-state index < -0.39 is 24.2 Å². The Balaban J connectivity index is 1.81. The van der Waals surface area contributed by atoms with Crippen LogP contribution in [0.25, 0.3) is 16.8 Å². The summed E-state index contributed by atoms with van der Waals surface area (Å²) in [6.07, 6.45) is 0.799. The van der Waals surface area contributed by atoms with Gasteiger partial charge in [0, 0.05) is 37.6 Å². The number of carbonyl (C=O) groups is 1. The predicted molar refractivity (Wildman–Crippen MR) is 124 cm³/mol. The summed E-state index contributed by atoms with van der Waals surface area (Å²) in [6.45, 7) is 7.97. The second kappa shape index (κ2) is 9.85. The zero-order valence-electron chi connectivity index (χ0n) is 19.5. The van der Waals surface area contributed by atoms with Gasteiger partial charge in [-0.3, -0.25) is 0 Å². The fraction of sp³-hybridized carbons (Fsp3) is 0.440. The molecule has 0 fully saturated rings. The molecule has 1 unspecified atom stereocenters. The quantitative estimate of drug-likeness (QED) is 0.424. The highest BCUT2D eigenvalue weighted by Crippen LogP contribution is 2.32. The maximum absolute atomic E-state index is 13.1. The Kier molecular flexibility index (Phi) is 7.34. The van der Waals surface area contributed by atoms with Crippen molar-refractivity contribution in [1.82, 2.24) is 19.6 Å². The number of amides is 2. The van der Waals surface area contributed by atoms with E-state index in [1.165, 1.54) is 0 Å². The third-order valence-electron chi connectivity index (χ3n) is 6.12. The number of aromatic nitrogens is 2. The van der Waals surface area contributed by atoms with E-state index in [0.29, 0.717) is 13.0 Å². The predicted octanol–water partition coefficient (Wildman–Crippen LogP) is 6.39. The molecule has 0 aliphatic carbocycles. The van der Waals surface area contributed by atoms with Crippen LogP contribution < -0.4 is 5.32 Å². The van der Waals surface area contributed by atoms with E-state index in [2.05, 4.69) is 16.4 Å². The van der Waals surface area contributed by atoms with Crippen LogP contribution >= 0.6 is 0 Å². The molecule has 1 aromatic carbocycles. The van der Waals surface area contributed by atoms with Crippen molar-refractivity contribution in [3.8, 4) is 11.1 Å². The molecule has 1 atom stereocenters. The van der Waals surface area contributed by atoms with Gasteiger partial charge in [-0.1, -0.05) is 25.1 Å². The van der Waals surface area contributed by atoms with Crippen LogP contribution in [0.4, 0.5) is 18.0 Å². The number of hydrogen-bond donors (Lipinski definition) is 1. The van der Waals surface area contributed by atoms with E-state index >= 15 is 0 Å². The molecule has 3 rings (SSSR count). The first kappa shape index (κ1) is 24.6. The van der Waals surface area contributed by atoms with Crippen molar-refractivity contribution in [2.45, 2.75) is 64.7 Å². The van der Waals surface area contributed by atoms with Crippen LogP contribution in [-0.2, 0) is 5.54 Å². The minimum absolute atomic E-state index is 0.129. The van der Waals surface area contributed by atoms with Gasteiger partial charge in [-0.2, -0.15) is 13.2 Å². The van der Waals surface area contributed by atoms with Crippen molar-refractivity contribution in [2.24, 2.45) is 0 Å². The fourth-order valence-corrected chi connectivity index (χ4v) is 4.09. The summed E-state index contributed by atoms with van der Waals surface area (Å²) < 4.78 is 39.9. The molecule has 2 aromatic heterocycles. The number of benzene rings is 1. The van der Waals surface area contributed by atoms with Gasteiger partial charge in [0.2, 0.25) is 0 Å². The highest BCUT2D eigenvalue weighted by atomic mass is 19.4. The number of alkyl halides is 3. The minimum atomic E-state index is -4.23. The Hall–Kier alpha value is -3.03. The molecule has 5 nitrogen and oxygen atoms in total. The van der Waals surface area contributed by atoms with Gasteiger partial charge < -0.3 is 14.6 Å². The molecule has 33 heavy (non-hydrogen) atoms. The molecule has 0 saturated heterocycles. The molecule has 1 N–H and O–H groups in total. The van der Waals surface area contributed by atoms with Crippen molar-refractivity contribution < 1.29 is 18.0 Å². The zero-order chi connectivity index (χ0) is 24.2. The normalized spacial score (nSPS) is 13.2. The van der Waals surface area contributed by atoms with Gasteiger partial charge in [-0.25, -0.2) is 9.78 Å². The molecule has 3 aromatic rings. The Morgan fingerprint density at radius 2 is 1.91 bits per heavy atom. The molecule has 178 valence electrons. The molecule has 0 bridgehead atoms. The average Bonchev–Trinajstić information content (AvgIpc) is 3.24. The van der Waals surface area contributed by atoms with Crippen molar-refractivity contribution in [2.75, 3.05) is 6.54 Å². The number of hydrogen-bond acceptors (Lipinski definition) is 2. The van der Waals surface area contributed by atoms with E-state index in [1.807, 2.05) is 67.9 Å². The van der Waals surface area contributed by atoms with E-state index in [1.54, 1.807) is 18.0 Å². The third kappa shape index (κ3) is 5.86. The van der Waals surface area contributed by atoms with Gasteiger partial charge in [-0.15, -0.1) is 0 Å². The SMILES string of the molecule is CCC(CCC(F)(F)F)NC(=O)N(CC)C(C)(C)c1cccc(-c2ccc3nccn3c2)c1. The van der Waals surface area contributed by atoms with E-state index in [0.717, 1.165) is 22.3 Å². The molecule has 0 saturated carbocycles. The monoisotopic (exact) mass is 460 g/mol. The molecular formula is C25H31F3N4O. The molecular weight excluding hydrogens is 429 g/mol. The number of pyridine rings is 1. The van der Waals surface area contributed by atoms with Crippen molar-refractivity contribution in [3.63, 3.8) is 0 Å². The van der Waals surface area contributed by atoms with Crippen molar-refractivity contribution in [3.05, 3.63) is 60.6 Å². The minimum Gasteiger partial charge on any atom is -0.335 e. The number of rotatable bonds is 8. The van der Waals surface area contributed by atoms with Gasteiger partial charge in [-0.05, 0) is 68.5 Å². The fourth-order valence-electron chi connectivity index (χ4n) is 4.09. The molecule has 0 spiro atoms. The van der Waals surface area contributed by atoms with Crippen LogP contribution in [0, 0.1) is 0 Å². The summed E-state index contributed by atoms with van der Waals surface area (Å²) in [5.41, 5.74) is 3.15. The zero-order valence-corrected chi connectivity index (χ0v) is 19.5. The molecule has 0 aliphatic rings. The first-order valence-corrected chi connectivity index (χ1v) is 11.2. The largest absolute Gasteiger partial charge is 0.389 e. The average molecular weight is 461 g/mol. The lowest BCUT2D eigenvalue weighted by Crippen LogP contribution is -2.52. The van der Waals surface area contributed by atoms with Crippen LogP contribution in [0.2, 0.25) is 0 Å². The van der Waals surface area contributed by atoms with Crippen LogP contribution in [0.3, 0.4) is 0 Å². The number of halogens is 3. The summed E-state index contributed by atoms with van der Waals surface area (Å²) in [6, 6.07) is 11.0. The number of carbonyl (C=O) groups excluding carboxylic acids is 1. The number of urea groups is 1. The van der Waals surface area contributed by atoms with Crippen LogP contribution in [-0.4, -0.2) is 39.1 Å². The van der Waals surface area contributed by atoms with E-state index in [9.17, 15) is 18.0 Å². The molecule has 0 radical (unpaired) electrons. The molecule has 0 aliphatic heterocycles. The molecule has 8 heteroatoms. The molecule has 2 amide bonds. The third-order valence-corrected chi connectivity index (χ3v) is 6.12. The van der Waals surface area contributed by atoms with Crippen LogP contribution in [0.1, 0.15) is 52.5 Å². The first-order valence-electron chi connectivity index (χ1n) is 11.2. The van der Waals surface area contributed by atoms with Gasteiger partial charge in [0.15, 0.2) is 0 Å². The summed E-state index contributed by atoms with van der Waals surface area (Å²) in [7, 11) is 0. The Morgan fingerprint density at radius 3 is 2.58 bits per heavy atom. The lowest BCUT2D eigenvalue weighted by Gasteiger charge is -2.39. The smallest absolute Gasteiger partial charge is 0.335 e. The second-order valence-corrected chi connectivity index (χ2v) is 8.70. The highest BCUT2D eigenvalue weighted by Gasteiger charge is 2.33. The van der Waals surface area contributed by atoms with Gasteiger partial charge in [0.1, 0.15) is 5.65 Å². The lowest BCUT2D eigenvalue weighted by atomic mass is 9.90. The first-order chi connectivity index (χ1) is 15.5. The molecule has 2 heterocycles. The maximum atomic E-state index is 13.1. The van der Waals surface area contributed by atoms with Crippen LogP contribution in [0.5, 0.6) is 0 Å². The van der Waals surface area contributed by atoms with E-state index in [-0.39, 0.29) is 12.5 Å². The van der Waals surface area contributed by atoms with Gasteiger partial charge in [0.05, 0.1) is 5.54 Å². The van der Waals surface area contributed by atoms with Gasteiger partial charge >= 0.3 is 12.2 Å². The number of fused-ring (bicyclic) bond motifs is 1. The Bertz CT molecular complexity index is 1090. The summed E-state index contributed by atoms with van der Waals surface area (Å²) >= 11 is 0. The summed E-state index contributed by atoms with van der Waals surface area (Å²) in [5.74, 6) is 0. The van der Waals surface area contributed by atoms with E-state index in [4.69, 9.17) is 0 Å². The lowest BCUT2D eigenvalue weighted by molar-refractivity contribution is -0.136. The maximum Gasteiger partial charge on any atom is 0.389 e. The second-order valence-electron chi connectivity index (χ2n) is 8.70. The number of nitrogens with one attached hydrogen (secondary N) is 1. The standard InChI is InChI=1S/C25H31F3N4O/c1-5-21(12-13-25(26,27)28)30-23(33)32(6-2)24(3,4)20-9-7-8-18(16-20)19-10-11-22-29-14-15-31(22)17-19/h7-11,14-17,21H,5-6,12-13H2,1-4H3,(H,30,33). The Labute approximate surface area is 192 Å². The van der Waals surface area contributed by atoms with Crippen LogP contribution in [0.15, 0.2) is 55.0 Å². The van der Waals surface area contributed by atoms with Crippen molar-refractivity contribution >= 4 is 11.7 Å². The summed E-state index contributed by atoms with van der Waals surface area (Å²) in [5, 5.41) is 2.81.